The molecule has 0 amide bonds. The minimum absolute atomic E-state index is 0.0976. The van der Waals surface area contributed by atoms with Gasteiger partial charge in [0, 0.05) is 11.4 Å². The van der Waals surface area contributed by atoms with Crippen LogP contribution < -0.4 is 5.32 Å². The van der Waals surface area contributed by atoms with Crippen LogP contribution in [-0.2, 0) is 0 Å². The molecule has 1 aromatic carbocycles. The minimum atomic E-state index is -0.0976. The van der Waals surface area contributed by atoms with Gasteiger partial charge in [-0.15, -0.1) is 0 Å². The number of hydrogen-bond donors (Lipinski definition) is 2. The Labute approximate surface area is 113 Å². The molecule has 1 fully saturated rings. The molecule has 1 atom stereocenters. The maximum Gasteiger partial charge on any atom is 0.134 e. The van der Waals surface area contributed by atoms with Gasteiger partial charge in [0.25, 0.3) is 0 Å². The van der Waals surface area contributed by atoms with Crippen molar-refractivity contribution >= 4 is 11.0 Å². The van der Waals surface area contributed by atoms with Gasteiger partial charge in [-0.1, -0.05) is 18.2 Å². The van der Waals surface area contributed by atoms with Crippen molar-refractivity contribution in [3.8, 4) is 0 Å². The number of rotatable bonds is 3. The lowest BCUT2D eigenvalue weighted by atomic mass is 9.92. The van der Waals surface area contributed by atoms with Crippen molar-refractivity contribution in [3.63, 3.8) is 0 Å². The van der Waals surface area contributed by atoms with Crippen LogP contribution in [0, 0.1) is 0 Å². The van der Waals surface area contributed by atoms with E-state index < -0.39 is 0 Å². The van der Waals surface area contributed by atoms with Crippen LogP contribution >= 0.6 is 0 Å². The number of fused-ring (bicyclic) bond motifs is 1. The Hall–Kier alpha value is -1.32. The van der Waals surface area contributed by atoms with E-state index in [0.717, 1.165) is 42.4 Å². The van der Waals surface area contributed by atoms with Crippen molar-refractivity contribution in [2.45, 2.75) is 50.8 Å². The smallest absolute Gasteiger partial charge is 0.134 e. The highest BCUT2D eigenvalue weighted by atomic mass is 16.3. The van der Waals surface area contributed by atoms with E-state index in [2.05, 4.69) is 24.4 Å². The molecule has 1 aliphatic carbocycles. The van der Waals surface area contributed by atoms with Crippen molar-refractivity contribution in [2.75, 3.05) is 0 Å². The van der Waals surface area contributed by atoms with Crippen LogP contribution in [0.15, 0.2) is 34.7 Å². The molecule has 19 heavy (non-hydrogen) atoms. The molecular formula is C16H21NO2. The van der Waals surface area contributed by atoms with Crippen molar-refractivity contribution in [2.24, 2.45) is 0 Å². The van der Waals surface area contributed by atoms with Gasteiger partial charge in [-0.25, -0.2) is 0 Å². The summed E-state index contributed by atoms with van der Waals surface area (Å²) in [5.74, 6) is 0.993. The Balaban J connectivity index is 1.68. The first kappa shape index (κ1) is 12.7. The van der Waals surface area contributed by atoms with Crippen LogP contribution in [0.25, 0.3) is 11.0 Å². The van der Waals surface area contributed by atoms with E-state index in [9.17, 15) is 5.11 Å². The Morgan fingerprint density at radius 2 is 1.95 bits per heavy atom. The predicted octanol–water partition coefficient (Wildman–Crippen LogP) is 3.39. The fourth-order valence-electron chi connectivity index (χ4n) is 2.89. The fraction of sp³-hybridized carbons (Fsp3) is 0.500. The Morgan fingerprint density at radius 1 is 1.21 bits per heavy atom. The third kappa shape index (κ3) is 2.82. The van der Waals surface area contributed by atoms with Crippen molar-refractivity contribution in [1.29, 1.82) is 0 Å². The van der Waals surface area contributed by atoms with Gasteiger partial charge < -0.3 is 14.8 Å². The summed E-state index contributed by atoms with van der Waals surface area (Å²) in [5.41, 5.74) is 0.949. The molecule has 1 saturated carbocycles. The van der Waals surface area contributed by atoms with Crippen LogP contribution in [0.2, 0.25) is 0 Å². The summed E-state index contributed by atoms with van der Waals surface area (Å²) in [5, 5.41) is 14.3. The SMILES string of the molecule is CC(NC1CCC(O)CC1)c1cc2ccccc2o1. The molecule has 1 aromatic heterocycles. The van der Waals surface area contributed by atoms with Gasteiger partial charge in [-0.3, -0.25) is 0 Å². The molecule has 0 saturated heterocycles. The zero-order valence-corrected chi connectivity index (χ0v) is 11.3. The molecule has 0 bridgehead atoms. The first-order valence-corrected chi connectivity index (χ1v) is 7.15. The average Bonchev–Trinajstić information content (AvgIpc) is 2.85. The van der Waals surface area contributed by atoms with Crippen LogP contribution in [0.4, 0.5) is 0 Å². The molecule has 3 rings (SSSR count). The number of para-hydroxylation sites is 1. The molecule has 102 valence electrons. The first-order valence-electron chi connectivity index (χ1n) is 7.15. The minimum Gasteiger partial charge on any atom is -0.459 e. The van der Waals surface area contributed by atoms with E-state index in [-0.39, 0.29) is 12.1 Å². The van der Waals surface area contributed by atoms with Gasteiger partial charge in [0.2, 0.25) is 0 Å². The normalized spacial score (nSPS) is 25.6. The molecule has 2 aromatic rings. The van der Waals surface area contributed by atoms with Crippen LogP contribution in [0.3, 0.4) is 0 Å². The van der Waals surface area contributed by atoms with Gasteiger partial charge in [-0.05, 0) is 44.7 Å². The van der Waals surface area contributed by atoms with E-state index in [1.54, 1.807) is 0 Å². The molecule has 3 nitrogen and oxygen atoms in total. The third-order valence-electron chi connectivity index (χ3n) is 4.05. The van der Waals surface area contributed by atoms with Gasteiger partial charge in [0.1, 0.15) is 11.3 Å². The number of hydrogen-bond acceptors (Lipinski definition) is 3. The summed E-state index contributed by atoms with van der Waals surface area (Å²) in [6.07, 6.45) is 3.81. The summed E-state index contributed by atoms with van der Waals surface area (Å²) in [6, 6.07) is 10.9. The second-order valence-electron chi connectivity index (χ2n) is 5.58. The molecule has 0 spiro atoms. The lowest BCUT2D eigenvalue weighted by Gasteiger charge is -2.28. The van der Waals surface area contributed by atoms with Crippen molar-refractivity contribution < 1.29 is 9.52 Å². The highest BCUT2D eigenvalue weighted by Crippen LogP contribution is 2.26. The lowest BCUT2D eigenvalue weighted by molar-refractivity contribution is 0.114. The number of nitrogens with one attached hydrogen (secondary N) is 1. The Kier molecular flexibility index (Phi) is 3.58. The molecule has 1 unspecified atom stereocenters. The highest BCUT2D eigenvalue weighted by molar-refractivity contribution is 5.77. The Morgan fingerprint density at radius 3 is 2.68 bits per heavy atom. The molecule has 3 heteroatoms. The fourth-order valence-corrected chi connectivity index (χ4v) is 2.89. The zero-order valence-electron chi connectivity index (χ0n) is 11.3. The lowest BCUT2D eigenvalue weighted by Crippen LogP contribution is -2.36. The summed E-state index contributed by atoms with van der Waals surface area (Å²) in [6.45, 7) is 2.14. The third-order valence-corrected chi connectivity index (χ3v) is 4.05. The summed E-state index contributed by atoms with van der Waals surface area (Å²) in [7, 11) is 0. The summed E-state index contributed by atoms with van der Waals surface area (Å²) >= 11 is 0. The van der Waals surface area contributed by atoms with Crippen LogP contribution in [0.5, 0.6) is 0 Å². The maximum absolute atomic E-state index is 9.53. The topological polar surface area (TPSA) is 45.4 Å². The second kappa shape index (κ2) is 5.35. The van der Waals surface area contributed by atoms with E-state index >= 15 is 0 Å². The van der Waals surface area contributed by atoms with Crippen molar-refractivity contribution in [3.05, 3.63) is 36.1 Å². The number of aliphatic hydroxyl groups is 1. The Bertz CT molecular complexity index is 507. The first-order chi connectivity index (χ1) is 9.22. The number of aliphatic hydroxyl groups excluding tert-OH is 1. The van der Waals surface area contributed by atoms with E-state index in [0.29, 0.717) is 6.04 Å². The van der Waals surface area contributed by atoms with Crippen LogP contribution in [0.1, 0.15) is 44.4 Å². The zero-order chi connectivity index (χ0) is 13.2. The standard InChI is InChI=1S/C16H21NO2/c1-11(17-13-6-8-14(18)9-7-13)16-10-12-4-2-3-5-15(12)19-16/h2-5,10-11,13-14,17-18H,6-9H2,1H3. The molecule has 0 radical (unpaired) electrons. The number of benzene rings is 1. The summed E-state index contributed by atoms with van der Waals surface area (Å²) in [4.78, 5) is 0. The summed E-state index contributed by atoms with van der Waals surface area (Å²) < 4.78 is 5.88. The van der Waals surface area contributed by atoms with Gasteiger partial charge in [0.15, 0.2) is 0 Å². The quantitative estimate of drug-likeness (QED) is 0.888. The predicted molar refractivity (Wildman–Crippen MR) is 76.0 cm³/mol. The molecule has 0 aliphatic heterocycles. The molecule has 1 aliphatic rings. The second-order valence-corrected chi connectivity index (χ2v) is 5.58. The van der Waals surface area contributed by atoms with Crippen LogP contribution in [-0.4, -0.2) is 17.3 Å². The van der Waals surface area contributed by atoms with E-state index in [4.69, 9.17) is 4.42 Å². The van der Waals surface area contributed by atoms with E-state index in [1.165, 1.54) is 0 Å². The molecule has 1 heterocycles. The number of furan rings is 1. The van der Waals surface area contributed by atoms with Gasteiger partial charge in [-0.2, -0.15) is 0 Å². The van der Waals surface area contributed by atoms with Gasteiger partial charge in [0.05, 0.1) is 12.1 Å². The monoisotopic (exact) mass is 259 g/mol. The largest absolute Gasteiger partial charge is 0.459 e. The van der Waals surface area contributed by atoms with E-state index in [1.807, 2.05) is 18.2 Å². The molecular weight excluding hydrogens is 238 g/mol. The van der Waals surface area contributed by atoms with Crippen molar-refractivity contribution in [1.82, 2.24) is 5.32 Å². The molecule has 2 N–H and O–H groups in total. The van der Waals surface area contributed by atoms with Gasteiger partial charge >= 0.3 is 0 Å². The maximum atomic E-state index is 9.53. The highest BCUT2D eigenvalue weighted by Gasteiger charge is 2.22. The average molecular weight is 259 g/mol.